The third-order valence-corrected chi connectivity index (χ3v) is 4.14. The maximum Gasteiger partial charge on any atom is 0.417 e. The van der Waals surface area contributed by atoms with Crippen molar-refractivity contribution < 1.29 is 13.2 Å². The minimum Gasteiger partial charge on any atom is -0.330 e. The molecule has 0 aliphatic heterocycles. The fraction of sp³-hybridized carbons (Fsp3) is 0.625. The lowest BCUT2D eigenvalue weighted by Crippen LogP contribution is -2.16. The third-order valence-electron chi connectivity index (χ3n) is 3.36. The molecule has 0 heterocycles. The van der Waals surface area contributed by atoms with Gasteiger partial charge in [0.05, 0.1) is 5.57 Å². The monoisotopic (exact) mass is 336 g/mol. The molecule has 1 aliphatic carbocycles. The largest absolute Gasteiger partial charge is 0.417 e. The third kappa shape index (κ3) is 8.66. The molecule has 22 heavy (non-hydrogen) atoms. The van der Waals surface area contributed by atoms with Crippen LogP contribution in [0.1, 0.15) is 39.0 Å². The van der Waals surface area contributed by atoms with E-state index in [0.717, 1.165) is 30.5 Å². The van der Waals surface area contributed by atoms with Crippen LogP contribution in [0.2, 0.25) is 0 Å². The molecule has 1 saturated carbocycles. The van der Waals surface area contributed by atoms with Gasteiger partial charge in [0.15, 0.2) is 0 Å². The van der Waals surface area contributed by atoms with E-state index in [1.807, 2.05) is 0 Å². The molecule has 6 heteroatoms. The second kappa shape index (κ2) is 11.8. The van der Waals surface area contributed by atoms with Gasteiger partial charge in [0, 0.05) is 4.91 Å². The molecule has 0 aromatic rings. The Labute approximate surface area is 136 Å². The number of rotatable bonds is 5. The molecule has 0 bridgehead atoms. The van der Waals surface area contributed by atoms with Gasteiger partial charge in [-0.3, -0.25) is 4.72 Å². The summed E-state index contributed by atoms with van der Waals surface area (Å²) < 4.78 is 39.8. The molecule has 0 radical (unpaired) electrons. The van der Waals surface area contributed by atoms with Crippen LogP contribution in [-0.2, 0) is 0 Å². The summed E-state index contributed by atoms with van der Waals surface area (Å²) >= 11 is 0.912. The minimum atomic E-state index is -4.36. The highest BCUT2D eigenvalue weighted by molar-refractivity contribution is 8.01. The lowest BCUT2D eigenvalue weighted by Gasteiger charge is -2.18. The maximum absolute atomic E-state index is 12.4. The van der Waals surface area contributed by atoms with Crippen LogP contribution in [0.15, 0.2) is 35.3 Å². The van der Waals surface area contributed by atoms with Crippen molar-refractivity contribution in [2.45, 2.75) is 45.2 Å². The summed E-state index contributed by atoms with van der Waals surface area (Å²) in [5, 5.41) is 0. The second-order valence-electron chi connectivity index (χ2n) is 5.03. The van der Waals surface area contributed by atoms with Gasteiger partial charge < -0.3 is 5.73 Å². The quantitative estimate of drug-likeness (QED) is 0.550. The molecule has 0 spiro atoms. The fourth-order valence-corrected chi connectivity index (χ4v) is 2.95. The van der Waals surface area contributed by atoms with Crippen LogP contribution >= 0.6 is 11.9 Å². The maximum atomic E-state index is 12.4. The van der Waals surface area contributed by atoms with Crippen molar-refractivity contribution in [1.82, 2.24) is 4.72 Å². The predicted molar refractivity (Wildman–Crippen MR) is 90.4 cm³/mol. The van der Waals surface area contributed by atoms with E-state index in [4.69, 9.17) is 5.73 Å². The number of hydrogen-bond donors (Lipinski definition) is 2. The van der Waals surface area contributed by atoms with Crippen LogP contribution in [0.4, 0.5) is 13.2 Å². The molecule has 3 N–H and O–H groups in total. The molecule has 1 aliphatic rings. The smallest absolute Gasteiger partial charge is 0.330 e. The Morgan fingerprint density at radius 1 is 1.32 bits per heavy atom. The van der Waals surface area contributed by atoms with E-state index in [1.54, 1.807) is 20.0 Å². The van der Waals surface area contributed by atoms with E-state index >= 15 is 0 Å². The van der Waals surface area contributed by atoms with Gasteiger partial charge in [-0.05, 0) is 51.2 Å². The number of nitrogens with one attached hydrogen (secondary N) is 1. The van der Waals surface area contributed by atoms with Crippen LogP contribution in [0.25, 0.3) is 0 Å². The topological polar surface area (TPSA) is 38.0 Å². The van der Waals surface area contributed by atoms with Crippen molar-refractivity contribution in [2.24, 2.45) is 11.7 Å². The molecule has 0 atom stereocenters. The first-order valence-electron chi connectivity index (χ1n) is 7.50. The zero-order valence-corrected chi connectivity index (χ0v) is 14.2. The second-order valence-corrected chi connectivity index (χ2v) is 6.08. The summed E-state index contributed by atoms with van der Waals surface area (Å²) in [4.78, 5) is 0.109. The Morgan fingerprint density at radius 3 is 2.23 bits per heavy atom. The number of nitrogens with two attached hydrogens (primary N) is 1. The van der Waals surface area contributed by atoms with Crippen LogP contribution in [0.5, 0.6) is 0 Å². The van der Waals surface area contributed by atoms with E-state index in [2.05, 4.69) is 11.3 Å². The highest BCUT2D eigenvalue weighted by Crippen LogP contribution is 2.33. The van der Waals surface area contributed by atoms with Crippen molar-refractivity contribution in [3.8, 4) is 0 Å². The molecule has 1 fully saturated rings. The van der Waals surface area contributed by atoms with Crippen LogP contribution in [-0.4, -0.2) is 19.8 Å². The molecular formula is C16H27F3N2S. The fourth-order valence-electron chi connectivity index (χ4n) is 2.22. The van der Waals surface area contributed by atoms with Gasteiger partial charge in [0.25, 0.3) is 0 Å². The van der Waals surface area contributed by atoms with Gasteiger partial charge in [-0.15, -0.1) is 0 Å². The van der Waals surface area contributed by atoms with Crippen molar-refractivity contribution in [3.05, 3.63) is 35.3 Å². The summed E-state index contributed by atoms with van der Waals surface area (Å²) in [5.41, 5.74) is 4.78. The van der Waals surface area contributed by atoms with Gasteiger partial charge in [-0.2, -0.15) is 13.2 Å². The zero-order chi connectivity index (χ0) is 17.0. The number of alkyl halides is 3. The van der Waals surface area contributed by atoms with E-state index < -0.39 is 11.7 Å². The average Bonchev–Trinajstić information content (AvgIpc) is 2.48. The van der Waals surface area contributed by atoms with E-state index in [9.17, 15) is 13.2 Å². The normalized spacial score (nSPS) is 17.7. The first-order valence-corrected chi connectivity index (χ1v) is 8.32. The Bertz CT molecular complexity index is 370. The highest BCUT2D eigenvalue weighted by Gasteiger charge is 2.33. The van der Waals surface area contributed by atoms with Gasteiger partial charge >= 0.3 is 6.18 Å². The molecule has 0 saturated heterocycles. The molecule has 0 aromatic heterocycles. The molecular weight excluding hydrogens is 309 g/mol. The molecule has 128 valence electrons. The zero-order valence-electron chi connectivity index (χ0n) is 13.4. The predicted octanol–water partition coefficient (Wildman–Crippen LogP) is 4.96. The lowest BCUT2D eigenvalue weighted by atomic mass is 9.90. The van der Waals surface area contributed by atoms with Gasteiger partial charge in [0.1, 0.15) is 0 Å². The van der Waals surface area contributed by atoms with E-state index in [-0.39, 0.29) is 4.91 Å². The van der Waals surface area contributed by atoms with Gasteiger partial charge in [0.2, 0.25) is 0 Å². The van der Waals surface area contributed by atoms with Gasteiger partial charge in [-0.1, -0.05) is 44.1 Å². The summed E-state index contributed by atoms with van der Waals surface area (Å²) in [6.07, 6.45) is 6.45. The summed E-state index contributed by atoms with van der Waals surface area (Å²) in [6.45, 7) is 5.74. The van der Waals surface area contributed by atoms with Crippen molar-refractivity contribution >= 4 is 11.9 Å². The van der Waals surface area contributed by atoms with Crippen LogP contribution < -0.4 is 10.5 Å². The molecule has 0 unspecified atom stereocenters. The standard InChI is InChI=1S/C9H12F3NS.C7H15N/c1-4-6-8(14-13-3)7(5-2)9(10,11)12;8-6-7-4-2-1-3-5-7/h4-6,13H,2H2,1,3H3;7H,1-6,8H2/b6-4-,8-7-;. The highest BCUT2D eigenvalue weighted by atomic mass is 32.2. The molecule has 1 rings (SSSR count). The van der Waals surface area contributed by atoms with Gasteiger partial charge in [-0.25, -0.2) is 0 Å². The van der Waals surface area contributed by atoms with Crippen LogP contribution in [0.3, 0.4) is 0 Å². The first kappa shape index (κ1) is 21.3. The summed E-state index contributed by atoms with van der Waals surface area (Å²) in [5.74, 6) is 0.865. The minimum absolute atomic E-state index is 0.109. The summed E-state index contributed by atoms with van der Waals surface area (Å²) in [7, 11) is 1.56. The lowest BCUT2D eigenvalue weighted by molar-refractivity contribution is -0.0883. The van der Waals surface area contributed by atoms with E-state index in [1.165, 1.54) is 38.2 Å². The molecule has 0 aromatic carbocycles. The Morgan fingerprint density at radius 2 is 1.91 bits per heavy atom. The van der Waals surface area contributed by atoms with Crippen molar-refractivity contribution in [2.75, 3.05) is 13.6 Å². The van der Waals surface area contributed by atoms with E-state index in [0.29, 0.717) is 0 Å². The number of halogens is 3. The molecule has 2 nitrogen and oxygen atoms in total. The van der Waals surface area contributed by atoms with Crippen molar-refractivity contribution in [1.29, 1.82) is 0 Å². The SMILES string of the molecule is C=C/C(=C(\C=C/C)SNC)C(F)(F)F.NCC1CCCCC1. The summed E-state index contributed by atoms with van der Waals surface area (Å²) in [6, 6.07) is 0. The van der Waals surface area contributed by atoms with Crippen LogP contribution in [0, 0.1) is 5.92 Å². The number of hydrogen-bond acceptors (Lipinski definition) is 3. The average molecular weight is 336 g/mol. The Hall–Kier alpha value is -0.720. The van der Waals surface area contributed by atoms with Crippen molar-refractivity contribution in [3.63, 3.8) is 0 Å². The Balaban J connectivity index is 0.000000461. The number of allylic oxidation sites excluding steroid dienone is 4. The molecule has 0 amide bonds. The Kier molecular flexibility index (Phi) is 11.4. The first-order chi connectivity index (χ1) is 10.4.